The lowest BCUT2D eigenvalue weighted by Gasteiger charge is -2.44. The van der Waals surface area contributed by atoms with Crippen LogP contribution >= 0.6 is 0 Å². The van der Waals surface area contributed by atoms with Crippen molar-refractivity contribution in [2.24, 2.45) is 0 Å². The van der Waals surface area contributed by atoms with Gasteiger partial charge in [-0.1, -0.05) is 19.3 Å². The van der Waals surface area contributed by atoms with E-state index in [-0.39, 0.29) is 5.79 Å². The predicted octanol–water partition coefficient (Wildman–Crippen LogP) is 3.18. The molecule has 0 aromatic heterocycles. The normalized spacial score (nSPS) is 26.3. The Morgan fingerprint density at radius 3 is 2.00 bits per heavy atom. The van der Waals surface area contributed by atoms with Crippen LogP contribution in [0.5, 0.6) is 0 Å². The van der Waals surface area contributed by atoms with Crippen molar-refractivity contribution in [3.8, 4) is 0 Å². The van der Waals surface area contributed by atoms with Gasteiger partial charge < -0.3 is 9.47 Å². The molecule has 0 bridgehead atoms. The van der Waals surface area contributed by atoms with Gasteiger partial charge in [0.15, 0.2) is 5.79 Å². The SMILES string of the molecule is CCOC1(OCC)CCN(C2CCCCC2)CC1. The Hall–Kier alpha value is -0.120. The average molecular weight is 255 g/mol. The summed E-state index contributed by atoms with van der Waals surface area (Å²) in [5, 5.41) is 0. The van der Waals surface area contributed by atoms with Crippen LogP contribution in [0.1, 0.15) is 58.8 Å². The molecule has 0 amide bonds. The van der Waals surface area contributed by atoms with E-state index >= 15 is 0 Å². The van der Waals surface area contributed by atoms with Crippen molar-refractivity contribution >= 4 is 0 Å². The molecule has 0 N–H and O–H groups in total. The highest BCUT2D eigenvalue weighted by atomic mass is 16.7. The molecule has 0 spiro atoms. The van der Waals surface area contributed by atoms with Gasteiger partial charge in [0.1, 0.15) is 0 Å². The van der Waals surface area contributed by atoms with Gasteiger partial charge in [-0.05, 0) is 26.7 Å². The third-order valence-electron chi connectivity index (χ3n) is 4.47. The summed E-state index contributed by atoms with van der Waals surface area (Å²) >= 11 is 0. The molecule has 1 aliphatic carbocycles. The molecule has 0 radical (unpaired) electrons. The predicted molar refractivity (Wildman–Crippen MR) is 73.7 cm³/mol. The van der Waals surface area contributed by atoms with E-state index in [1.54, 1.807) is 0 Å². The molecule has 0 aromatic rings. The van der Waals surface area contributed by atoms with E-state index < -0.39 is 0 Å². The zero-order valence-corrected chi connectivity index (χ0v) is 12.1. The van der Waals surface area contributed by atoms with Crippen LogP contribution in [-0.4, -0.2) is 43.0 Å². The number of piperidine rings is 1. The van der Waals surface area contributed by atoms with Gasteiger partial charge in [0.05, 0.1) is 0 Å². The van der Waals surface area contributed by atoms with Crippen LogP contribution in [0, 0.1) is 0 Å². The van der Waals surface area contributed by atoms with E-state index in [9.17, 15) is 0 Å². The largest absolute Gasteiger partial charge is 0.350 e. The summed E-state index contributed by atoms with van der Waals surface area (Å²) in [6.45, 7) is 7.92. The lowest BCUT2D eigenvalue weighted by atomic mass is 9.91. The summed E-state index contributed by atoms with van der Waals surface area (Å²) in [5.74, 6) is -0.283. The van der Waals surface area contributed by atoms with E-state index in [2.05, 4.69) is 18.7 Å². The molecule has 1 aliphatic heterocycles. The fraction of sp³-hybridized carbons (Fsp3) is 1.00. The van der Waals surface area contributed by atoms with E-state index in [0.29, 0.717) is 0 Å². The smallest absolute Gasteiger partial charge is 0.170 e. The minimum absolute atomic E-state index is 0.283. The Bertz CT molecular complexity index is 223. The number of hydrogen-bond donors (Lipinski definition) is 0. The molecule has 0 atom stereocenters. The molecule has 1 saturated carbocycles. The number of nitrogens with zero attached hydrogens (tertiary/aromatic N) is 1. The molecule has 0 aromatic carbocycles. The quantitative estimate of drug-likeness (QED) is 0.704. The fourth-order valence-corrected chi connectivity index (χ4v) is 3.53. The summed E-state index contributed by atoms with van der Waals surface area (Å²) in [7, 11) is 0. The highest BCUT2D eigenvalue weighted by Gasteiger charge is 2.37. The standard InChI is InChI=1S/C15H29NO2/c1-3-17-15(18-4-2)10-12-16(13-11-15)14-8-6-5-7-9-14/h14H,3-13H2,1-2H3. The lowest BCUT2D eigenvalue weighted by molar-refractivity contribution is -0.255. The van der Waals surface area contributed by atoms with Gasteiger partial charge in [-0.2, -0.15) is 0 Å². The maximum absolute atomic E-state index is 5.90. The van der Waals surface area contributed by atoms with Gasteiger partial charge in [-0.3, -0.25) is 4.90 Å². The number of likely N-dealkylation sites (tertiary alicyclic amines) is 1. The Kier molecular flexibility index (Phi) is 5.46. The molecule has 3 heteroatoms. The van der Waals surface area contributed by atoms with Crippen LogP contribution in [0.25, 0.3) is 0 Å². The summed E-state index contributed by atoms with van der Waals surface area (Å²) in [6.07, 6.45) is 9.14. The lowest BCUT2D eigenvalue weighted by Crippen LogP contribution is -2.51. The molecule has 106 valence electrons. The maximum atomic E-state index is 5.90. The van der Waals surface area contributed by atoms with E-state index in [1.807, 2.05) is 0 Å². The van der Waals surface area contributed by atoms with Gasteiger partial charge in [0.25, 0.3) is 0 Å². The van der Waals surface area contributed by atoms with Gasteiger partial charge in [-0.25, -0.2) is 0 Å². The zero-order valence-electron chi connectivity index (χ0n) is 12.1. The first-order valence-corrected chi connectivity index (χ1v) is 7.81. The molecule has 18 heavy (non-hydrogen) atoms. The molecular formula is C15H29NO2. The van der Waals surface area contributed by atoms with Crippen LogP contribution < -0.4 is 0 Å². The van der Waals surface area contributed by atoms with Crippen molar-refractivity contribution in [3.63, 3.8) is 0 Å². The number of ether oxygens (including phenoxy) is 2. The Balaban J connectivity index is 1.84. The Morgan fingerprint density at radius 1 is 0.944 bits per heavy atom. The fourth-order valence-electron chi connectivity index (χ4n) is 3.53. The second-order valence-electron chi connectivity index (χ2n) is 5.60. The Morgan fingerprint density at radius 2 is 1.50 bits per heavy atom. The van der Waals surface area contributed by atoms with Crippen LogP contribution in [0.4, 0.5) is 0 Å². The maximum Gasteiger partial charge on any atom is 0.170 e. The van der Waals surface area contributed by atoms with Crippen molar-refractivity contribution in [1.29, 1.82) is 0 Å². The summed E-state index contributed by atoms with van der Waals surface area (Å²) in [4.78, 5) is 2.68. The summed E-state index contributed by atoms with van der Waals surface area (Å²) < 4.78 is 11.8. The van der Waals surface area contributed by atoms with Crippen molar-refractivity contribution in [2.75, 3.05) is 26.3 Å². The van der Waals surface area contributed by atoms with Gasteiger partial charge in [0, 0.05) is 45.2 Å². The third-order valence-corrected chi connectivity index (χ3v) is 4.47. The van der Waals surface area contributed by atoms with Crippen molar-refractivity contribution in [3.05, 3.63) is 0 Å². The minimum atomic E-state index is -0.283. The molecule has 2 rings (SSSR count). The first-order valence-electron chi connectivity index (χ1n) is 7.81. The second-order valence-corrected chi connectivity index (χ2v) is 5.60. The minimum Gasteiger partial charge on any atom is -0.350 e. The van der Waals surface area contributed by atoms with Crippen molar-refractivity contribution in [2.45, 2.75) is 70.6 Å². The Labute approximate surface area is 112 Å². The van der Waals surface area contributed by atoms with Gasteiger partial charge in [0.2, 0.25) is 0 Å². The van der Waals surface area contributed by atoms with Crippen LogP contribution in [0.15, 0.2) is 0 Å². The summed E-state index contributed by atoms with van der Waals surface area (Å²) in [5.41, 5.74) is 0. The highest BCUT2D eigenvalue weighted by molar-refractivity contribution is 4.85. The van der Waals surface area contributed by atoms with Gasteiger partial charge in [-0.15, -0.1) is 0 Å². The first kappa shape index (κ1) is 14.3. The molecule has 2 aliphatic rings. The second kappa shape index (κ2) is 6.88. The molecule has 3 nitrogen and oxygen atoms in total. The topological polar surface area (TPSA) is 21.7 Å². The third kappa shape index (κ3) is 3.46. The monoisotopic (exact) mass is 255 g/mol. The van der Waals surface area contributed by atoms with E-state index in [4.69, 9.17) is 9.47 Å². The van der Waals surface area contributed by atoms with Crippen molar-refractivity contribution in [1.82, 2.24) is 4.90 Å². The highest BCUT2D eigenvalue weighted by Crippen LogP contribution is 2.31. The molecular weight excluding hydrogens is 226 g/mol. The van der Waals surface area contributed by atoms with Crippen LogP contribution in [-0.2, 0) is 9.47 Å². The average Bonchev–Trinajstić information content (AvgIpc) is 2.41. The van der Waals surface area contributed by atoms with Crippen LogP contribution in [0.2, 0.25) is 0 Å². The molecule has 1 saturated heterocycles. The molecule has 2 fully saturated rings. The van der Waals surface area contributed by atoms with Crippen LogP contribution in [0.3, 0.4) is 0 Å². The van der Waals surface area contributed by atoms with E-state index in [0.717, 1.165) is 45.2 Å². The number of hydrogen-bond acceptors (Lipinski definition) is 3. The molecule has 0 unspecified atom stereocenters. The summed E-state index contributed by atoms with van der Waals surface area (Å²) in [6, 6.07) is 0.833. The van der Waals surface area contributed by atoms with E-state index in [1.165, 1.54) is 32.1 Å². The molecule has 1 heterocycles. The van der Waals surface area contributed by atoms with Crippen molar-refractivity contribution < 1.29 is 9.47 Å². The number of rotatable bonds is 5. The first-order chi connectivity index (χ1) is 8.79. The van der Waals surface area contributed by atoms with Gasteiger partial charge >= 0.3 is 0 Å². The zero-order chi connectivity index (χ0) is 12.8.